The highest BCUT2D eigenvalue weighted by molar-refractivity contribution is 6.31. The number of aromatic nitrogens is 4. The van der Waals surface area contributed by atoms with Crippen molar-refractivity contribution in [2.45, 2.75) is 26.7 Å². The average molecular weight is 227 g/mol. The van der Waals surface area contributed by atoms with Crippen LogP contribution in [0.3, 0.4) is 0 Å². The predicted molar refractivity (Wildman–Crippen MR) is 57.3 cm³/mol. The van der Waals surface area contributed by atoms with Gasteiger partial charge in [-0.2, -0.15) is 9.50 Å². The Hall–Kier alpha value is -1.36. The van der Waals surface area contributed by atoms with Crippen molar-refractivity contribution in [2.24, 2.45) is 0 Å². The fourth-order valence-electron chi connectivity index (χ4n) is 1.45. The molecular weight excluding hydrogens is 216 g/mol. The van der Waals surface area contributed by atoms with Crippen LogP contribution in [0.5, 0.6) is 0 Å². The van der Waals surface area contributed by atoms with Crippen molar-refractivity contribution in [3.63, 3.8) is 0 Å². The van der Waals surface area contributed by atoms with Gasteiger partial charge >= 0.3 is 0 Å². The van der Waals surface area contributed by atoms with Gasteiger partial charge in [-0.3, -0.25) is 9.89 Å². The van der Waals surface area contributed by atoms with Crippen LogP contribution in [-0.2, 0) is 6.42 Å². The first kappa shape index (κ1) is 10.2. The fraction of sp³-hybridized carbons (Fsp3) is 0.444. The van der Waals surface area contributed by atoms with Gasteiger partial charge in [0.15, 0.2) is 0 Å². The summed E-state index contributed by atoms with van der Waals surface area (Å²) < 4.78 is 1.26. The summed E-state index contributed by atoms with van der Waals surface area (Å²) >= 11 is 5.92. The quantitative estimate of drug-likeness (QED) is 0.841. The number of nitrogens with zero attached hydrogens (tertiary/aromatic N) is 3. The van der Waals surface area contributed by atoms with E-state index in [0.717, 1.165) is 6.42 Å². The van der Waals surface area contributed by atoms with Crippen LogP contribution in [-0.4, -0.2) is 19.6 Å². The smallest absolute Gasteiger partial charge is 0.275 e. The van der Waals surface area contributed by atoms with Gasteiger partial charge < -0.3 is 0 Å². The molecule has 0 unspecified atom stereocenters. The molecule has 0 spiro atoms. The summed E-state index contributed by atoms with van der Waals surface area (Å²) in [6.07, 6.45) is 1.59. The molecule has 0 radical (unpaired) electrons. The highest BCUT2D eigenvalue weighted by Crippen LogP contribution is 2.11. The lowest BCUT2D eigenvalue weighted by atomic mass is 10.2. The molecule has 2 heterocycles. The Morgan fingerprint density at radius 1 is 1.47 bits per heavy atom. The van der Waals surface area contributed by atoms with E-state index in [-0.39, 0.29) is 10.6 Å². The minimum absolute atomic E-state index is 0.179. The number of fused-ring (bicyclic) bond motifs is 1. The molecule has 0 amide bonds. The lowest BCUT2D eigenvalue weighted by molar-refractivity contribution is 0.833. The Balaban J connectivity index is 2.76. The minimum atomic E-state index is -0.286. The fourth-order valence-corrected chi connectivity index (χ4v) is 1.67. The molecule has 2 rings (SSSR count). The van der Waals surface area contributed by atoms with Gasteiger partial charge in [-0.25, -0.2) is 4.98 Å². The molecule has 2 aromatic heterocycles. The van der Waals surface area contributed by atoms with Crippen molar-refractivity contribution < 1.29 is 0 Å². The van der Waals surface area contributed by atoms with Crippen molar-refractivity contribution in [2.75, 3.05) is 0 Å². The number of nitrogens with one attached hydrogen (secondary N) is 1. The maximum absolute atomic E-state index is 11.8. The molecule has 1 N–H and O–H groups in total. The molecule has 5 nitrogen and oxygen atoms in total. The Morgan fingerprint density at radius 2 is 2.20 bits per heavy atom. The van der Waals surface area contributed by atoms with Crippen LogP contribution in [0.15, 0.2) is 4.79 Å². The SMILES string of the molecule is CCCc1nc2nc(C)[nH]n2c(=O)c1Cl. The van der Waals surface area contributed by atoms with E-state index >= 15 is 0 Å². The second-order valence-corrected chi connectivity index (χ2v) is 3.75. The van der Waals surface area contributed by atoms with Crippen LogP contribution < -0.4 is 5.56 Å². The van der Waals surface area contributed by atoms with Gasteiger partial charge in [-0.15, -0.1) is 0 Å². The highest BCUT2D eigenvalue weighted by atomic mass is 35.5. The number of aromatic amines is 1. The average Bonchev–Trinajstić information content (AvgIpc) is 2.56. The van der Waals surface area contributed by atoms with Crippen LogP contribution in [0.1, 0.15) is 24.9 Å². The summed E-state index contributed by atoms with van der Waals surface area (Å²) in [6.45, 7) is 3.77. The van der Waals surface area contributed by atoms with Gasteiger partial charge in [-0.1, -0.05) is 24.9 Å². The van der Waals surface area contributed by atoms with Gasteiger partial charge in [-0.05, 0) is 13.3 Å². The molecule has 6 heteroatoms. The van der Waals surface area contributed by atoms with Crippen molar-refractivity contribution in [1.82, 2.24) is 19.6 Å². The number of H-pyrrole nitrogens is 1. The molecular formula is C9H11ClN4O. The molecule has 0 aliphatic carbocycles. The Labute approximate surface area is 91.1 Å². The van der Waals surface area contributed by atoms with Gasteiger partial charge in [0.2, 0.25) is 0 Å². The number of aryl methyl sites for hydroxylation is 2. The van der Waals surface area contributed by atoms with Crippen LogP contribution >= 0.6 is 11.6 Å². The Bertz CT molecular complexity index is 557. The summed E-state index contributed by atoms with van der Waals surface area (Å²) in [5.41, 5.74) is 0.335. The molecule has 0 aliphatic heterocycles. The normalized spacial score (nSPS) is 11.1. The summed E-state index contributed by atoms with van der Waals surface area (Å²) in [5.74, 6) is 1.02. The third kappa shape index (κ3) is 1.63. The van der Waals surface area contributed by atoms with E-state index in [1.54, 1.807) is 6.92 Å². The van der Waals surface area contributed by atoms with Crippen LogP contribution in [0, 0.1) is 6.92 Å². The van der Waals surface area contributed by atoms with Gasteiger partial charge in [0.1, 0.15) is 10.8 Å². The standard InChI is InChI=1S/C9H11ClN4O/c1-3-4-6-7(10)8(15)14-9(12-6)11-5(2)13-14/h3-4H2,1-2H3,(H,11,12,13). The molecule has 0 saturated carbocycles. The third-order valence-electron chi connectivity index (χ3n) is 2.11. The highest BCUT2D eigenvalue weighted by Gasteiger charge is 2.11. The first-order valence-corrected chi connectivity index (χ1v) is 5.15. The molecule has 2 aromatic rings. The van der Waals surface area contributed by atoms with Crippen molar-refractivity contribution in [3.05, 3.63) is 26.9 Å². The topological polar surface area (TPSA) is 63.1 Å². The summed E-state index contributed by atoms with van der Waals surface area (Å²) in [7, 11) is 0. The molecule has 80 valence electrons. The molecule has 0 fully saturated rings. The van der Waals surface area contributed by atoms with E-state index in [1.807, 2.05) is 6.92 Å². The zero-order valence-electron chi connectivity index (χ0n) is 8.54. The Kier molecular flexibility index (Phi) is 2.48. The minimum Gasteiger partial charge on any atom is -0.275 e. The maximum atomic E-state index is 11.8. The van der Waals surface area contributed by atoms with E-state index in [2.05, 4.69) is 15.1 Å². The first-order chi connectivity index (χ1) is 7.13. The van der Waals surface area contributed by atoms with E-state index < -0.39 is 0 Å². The second-order valence-electron chi connectivity index (χ2n) is 3.37. The maximum Gasteiger partial charge on any atom is 0.293 e. The van der Waals surface area contributed by atoms with Gasteiger partial charge in [0.05, 0.1) is 5.69 Å². The lowest BCUT2D eigenvalue weighted by Crippen LogP contribution is -2.18. The van der Waals surface area contributed by atoms with Crippen molar-refractivity contribution in [1.29, 1.82) is 0 Å². The van der Waals surface area contributed by atoms with Crippen molar-refractivity contribution >= 4 is 17.4 Å². The third-order valence-corrected chi connectivity index (χ3v) is 2.49. The molecule has 0 atom stereocenters. The molecule has 0 aromatic carbocycles. The van der Waals surface area contributed by atoms with E-state index in [1.165, 1.54) is 4.52 Å². The summed E-state index contributed by atoms with van der Waals surface area (Å²) in [5, 5.41) is 2.96. The zero-order chi connectivity index (χ0) is 11.0. The van der Waals surface area contributed by atoms with E-state index in [9.17, 15) is 4.79 Å². The van der Waals surface area contributed by atoms with E-state index in [4.69, 9.17) is 11.6 Å². The second kappa shape index (κ2) is 3.66. The van der Waals surface area contributed by atoms with Crippen LogP contribution in [0.4, 0.5) is 0 Å². The number of hydrogen-bond donors (Lipinski definition) is 1. The van der Waals surface area contributed by atoms with E-state index in [0.29, 0.717) is 23.7 Å². The molecule has 0 saturated heterocycles. The zero-order valence-corrected chi connectivity index (χ0v) is 9.30. The Morgan fingerprint density at radius 3 is 2.87 bits per heavy atom. The molecule has 15 heavy (non-hydrogen) atoms. The van der Waals surface area contributed by atoms with Crippen LogP contribution in [0.25, 0.3) is 5.78 Å². The van der Waals surface area contributed by atoms with Crippen molar-refractivity contribution in [3.8, 4) is 0 Å². The van der Waals surface area contributed by atoms with Crippen LogP contribution in [0.2, 0.25) is 5.02 Å². The monoisotopic (exact) mass is 226 g/mol. The van der Waals surface area contributed by atoms with Gasteiger partial charge in [0.25, 0.3) is 11.3 Å². The predicted octanol–water partition coefficient (Wildman–Crippen LogP) is 1.33. The summed E-state index contributed by atoms with van der Waals surface area (Å²) in [4.78, 5) is 20.1. The lowest BCUT2D eigenvalue weighted by Gasteiger charge is -2.00. The number of halogens is 1. The first-order valence-electron chi connectivity index (χ1n) is 4.77. The largest absolute Gasteiger partial charge is 0.293 e. The number of rotatable bonds is 2. The molecule has 0 bridgehead atoms. The number of hydrogen-bond acceptors (Lipinski definition) is 3. The molecule has 0 aliphatic rings. The van der Waals surface area contributed by atoms with Gasteiger partial charge in [0, 0.05) is 0 Å². The summed E-state index contributed by atoms with van der Waals surface area (Å²) in [6, 6.07) is 0.